The van der Waals surface area contributed by atoms with Crippen LogP contribution in [-0.2, 0) is 11.3 Å². The summed E-state index contributed by atoms with van der Waals surface area (Å²) in [6, 6.07) is 9.96. The molecule has 0 atom stereocenters. The van der Waals surface area contributed by atoms with E-state index in [-0.39, 0.29) is 18.5 Å². The number of hydrogen-bond acceptors (Lipinski definition) is 4. The van der Waals surface area contributed by atoms with Gasteiger partial charge in [0.15, 0.2) is 5.82 Å². The Morgan fingerprint density at radius 2 is 2.00 bits per heavy atom. The minimum absolute atomic E-state index is 0.150. The van der Waals surface area contributed by atoms with Crippen LogP contribution in [0.25, 0.3) is 11.4 Å². The summed E-state index contributed by atoms with van der Waals surface area (Å²) in [6.07, 6.45) is 3.42. The molecule has 2 aromatic heterocycles. The molecule has 3 rings (SSSR count). The molecule has 124 valence electrons. The highest BCUT2D eigenvalue weighted by Gasteiger charge is 2.13. The second-order valence-corrected chi connectivity index (χ2v) is 5.89. The molecule has 0 saturated carbocycles. The van der Waals surface area contributed by atoms with Crippen molar-refractivity contribution in [1.29, 1.82) is 0 Å². The average molecular weight is 324 g/mol. The Bertz CT molecular complexity index is 834. The summed E-state index contributed by atoms with van der Waals surface area (Å²) < 4.78 is 1.84. The third kappa shape index (κ3) is 3.51. The standard InChI is InChI=1S/C17H20N6O/c1-12(2)23-18-9-15(21-23)20-16(24)11-22-10-13(3)19-17(22)14-7-5-4-6-8-14/h4-10,12H,11H2,1-3H3,(H,20,21,24). The van der Waals surface area contributed by atoms with Crippen molar-refractivity contribution < 1.29 is 4.79 Å². The quantitative estimate of drug-likeness (QED) is 0.782. The van der Waals surface area contributed by atoms with Crippen LogP contribution in [0.3, 0.4) is 0 Å². The number of hydrogen-bond donors (Lipinski definition) is 1. The molecule has 7 heteroatoms. The van der Waals surface area contributed by atoms with Crippen molar-refractivity contribution in [1.82, 2.24) is 24.5 Å². The summed E-state index contributed by atoms with van der Waals surface area (Å²) in [6.45, 7) is 6.03. The third-order valence-corrected chi connectivity index (χ3v) is 3.48. The highest BCUT2D eigenvalue weighted by atomic mass is 16.2. The number of amides is 1. The summed E-state index contributed by atoms with van der Waals surface area (Å²) in [7, 11) is 0. The topological polar surface area (TPSA) is 77.6 Å². The summed E-state index contributed by atoms with van der Waals surface area (Å²) >= 11 is 0. The molecular weight excluding hydrogens is 304 g/mol. The molecule has 1 amide bonds. The second kappa shape index (κ2) is 6.66. The fourth-order valence-electron chi connectivity index (χ4n) is 2.40. The minimum Gasteiger partial charge on any atom is -0.321 e. The molecule has 7 nitrogen and oxygen atoms in total. The van der Waals surface area contributed by atoms with Gasteiger partial charge in [-0.25, -0.2) is 4.98 Å². The number of nitrogens with one attached hydrogen (secondary N) is 1. The number of carbonyl (C=O) groups excluding carboxylic acids is 1. The van der Waals surface area contributed by atoms with Crippen molar-refractivity contribution in [3.8, 4) is 11.4 Å². The fourth-order valence-corrected chi connectivity index (χ4v) is 2.40. The Morgan fingerprint density at radius 1 is 1.25 bits per heavy atom. The van der Waals surface area contributed by atoms with E-state index in [9.17, 15) is 4.79 Å². The number of aromatic nitrogens is 5. The molecular formula is C17H20N6O. The van der Waals surface area contributed by atoms with Crippen molar-refractivity contribution in [3.63, 3.8) is 0 Å². The summed E-state index contributed by atoms with van der Waals surface area (Å²) in [5, 5.41) is 11.1. The van der Waals surface area contributed by atoms with Crippen LogP contribution in [0.5, 0.6) is 0 Å². The van der Waals surface area contributed by atoms with Gasteiger partial charge in [-0.15, -0.1) is 5.10 Å². The lowest BCUT2D eigenvalue weighted by Crippen LogP contribution is -2.19. The second-order valence-electron chi connectivity index (χ2n) is 5.89. The van der Waals surface area contributed by atoms with Gasteiger partial charge in [-0.3, -0.25) is 4.79 Å². The molecule has 0 unspecified atom stereocenters. The van der Waals surface area contributed by atoms with Gasteiger partial charge < -0.3 is 9.88 Å². The maximum atomic E-state index is 12.3. The zero-order valence-electron chi connectivity index (χ0n) is 14.0. The molecule has 24 heavy (non-hydrogen) atoms. The van der Waals surface area contributed by atoms with Crippen LogP contribution in [0, 0.1) is 6.92 Å². The molecule has 0 aliphatic rings. The first-order valence-electron chi connectivity index (χ1n) is 7.84. The summed E-state index contributed by atoms with van der Waals surface area (Å²) in [5.74, 6) is 1.06. The predicted octanol–water partition coefficient (Wildman–Crippen LogP) is 2.67. The minimum atomic E-state index is -0.166. The van der Waals surface area contributed by atoms with Gasteiger partial charge in [-0.05, 0) is 20.8 Å². The van der Waals surface area contributed by atoms with Crippen LogP contribution in [0.1, 0.15) is 25.6 Å². The molecule has 1 aromatic carbocycles. The van der Waals surface area contributed by atoms with Crippen LogP contribution in [0.4, 0.5) is 5.82 Å². The third-order valence-electron chi connectivity index (χ3n) is 3.48. The van der Waals surface area contributed by atoms with E-state index >= 15 is 0 Å². The summed E-state index contributed by atoms with van der Waals surface area (Å²) in [4.78, 5) is 18.4. The van der Waals surface area contributed by atoms with Crippen molar-refractivity contribution in [3.05, 3.63) is 48.4 Å². The Hall–Kier alpha value is -2.96. The van der Waals surface area contributed by atoms with Crippen LogP contribution in [0.15, 0.2) is 42.7 Å². The first-order valence-corrected chi connectivity index (χ1v) is 7.84. The highest BCUT2D eigenvalue weighted by Crippen LogP contribution is 2.18. The molecule has 0 radical (unpaired) electrons. The maximum Gasteiger partial charge on any atom is 0.245 e. The van der Waals surface area contributed by atoms with E-state index in [1.807, 2.05) is 61.9 Å². The Morgan fingerprint density at radius 3 is 2.67 bits per heavy atom. The van der Waals surface area contributed by atoms with Crippen molar-refractivity contribution in [2.45, 2.75) is 33.4 Å². The van der Waals surface area contributed by atoms with Gasteiger partial charge in [0, 0.05) is 11.8 Å². The Balaban J connectivity index is 1.75. The van der Waals surface area contributed by atoms with E-state index < -0.39 is 0 Å². The van der Waals surface area contributed by atoms with E-state index in [4.69, 9.17) is 0 Å². The van der Waals surface area contributed by atoms with Crippen LogP contribution in [0.2, 0.25) is 0 Å². The Kier molecular flexibility index (Phi) is 4.41. The molecule has 0 aliphatic carbocycles. The lowest BCUT2D eigenvalue weighted by Gasteiger charge is -2.07. The zero-order valence-corrected chi connectivity index (χ0v) is 14.0. The number of carbonyl (C=O) groups is 1. The molecule has 0 spiro atoms. The largest absolute Gasteiger partial charge is 0.321 e. The fraction of sp³-hybridized carbons (Fsp3) is 0.294. The van der Waals surface area contributed by atoms with Gasteiger partial charge in [0.25, 0.3) is 0 Å². The highest BCUT2D eigenvalue weighted by molar-refractivity contribution is 5.89. The normalized spacial score (nSPS) is 11.0. The lowest BCUT2D eigenvalue weighted by atomic mass is 10.2. The molecule has 0 aliphatic heterocycles. The van der Waals surface area contributed by atoms with E-state index in [2.05, 4.69) is 20.5 Å². The van der Waals surface area contributed by atoms with E-state index in [1.165, 1.54) is 0 Å². The number of nitrogens with zero attached hydrogens (tertiary/aromatic N) is 5. The molecule has 0 saturated heterocycles. The molecule has 0 fully saturated rings. The molecule has 2 heterocycles. The number of anilines is 1. The lowest BCUT2D eigenvalue weighted by molar-refractivity contribution is -0.116. The van der Waals surface area contributed by atoms with Crippen molar-refractivity contribution >= 4 is 11.7 Å². The van der Waals surface area contributed by atoms with Gasteiger partial charge in [0.2, 0.25) is 5.91 Å². The van der Waals surface area contributed by atoms with E-state index in [0.717, 1.165) is 17.1 Å². The zero-order chi connectivity index (χ0) is 17.1. The SMILES string of the molecule is Cc1cn(CC(=O)Nc2cnn(C(C)C)n2)c(-c2ccccc2)n1. The van der Waals surface area contributed by atoms with Crippen molar-refractivity contribution in [2.24, 2.45) is 0 Å². The van der Waals surface area contributed by atoms with Crippen LogP contribution >= 0.6 is 0 Å². The summed E-state index contributed by atoms with van der Waals surface area (Å²) in [5.41, 5.74) is 1.84. The Labute approximate surface area is 140 Å². The van der Waals surface area contributed by atoms with Gasteiger partial charge >= 0.3 is 0 Å². The van der Waals surface area contributed by atoms with Gasteiger partial charge in [0.1, 0.15) is 12.4 Å². The molecule has 0 bridgehead atoms. The predicted molar refractivity (Wildman–Crippen MR) is 91.4 cm³/mol. The van der Waals surface area contributed by atoms with Crippen LogP contribution in [-0.4, -0.2) is 30.5 Å². The maximum absolute atomic E-state index is 12.3. The number of benzene rings is 1. The van der Waals surface area contributed by atoms with Gasteiger partial charge in [-0.2, -0.15) is 9.90 Å². The van der Waals surface area contributed by atoms with E-state index in [0.29, 0.717) is 5.82 Å². The monoisotopic (exact) mass is 324 g/mol. The van der Waals surface area contributed by atoms with Crippen LogP contribution < -0.4 is 5.32 Å². The van der Waals surface area contributed by atoms with E-state index in [1.54, 1.807) is 11.0 Å². The first kappa shape index (κ1) is 15.9. The number of rotatable bonds is 5. The number of imidazole rings is 1. The van der Waals surface area contributed by atoms with Gasteiger partial charge in [-0.1, -0.05) is 30.3 Å². The average Bonchev–Trinajstić information content (AvgIpc) is 3.15. The van der Waals surface area contributed by atoms with Crippen molar-refractivity contribution in [2.75, 3.05) is 5.32 Å². The number of aryl methyl sites for hydroxylation is 1. The molecule has 3 aromatic rings. The molecule has 1 N–H and O–H groups in total. The van der Waals surface area contributed by atoms with Gasteiger partial charge in [0.05, 0.1) is 17.9 Å². The first-order chi connectivity index (χ1) is 11.5. The smallest absolute Gasteiger partial charge is 0.245 e.